The van der Waals surface area contributed by atoms with Crippen LogP contribution in [0.3, 0.4) is 0 Å². The average molecular weight is 595 g/mol. The highest BCUT2D eigenvalue weighted by atomic mass is 32.1. The van der Waals surface area contributed by atoms with E-state index in [0.717, 1.165) is 30.7 Å². The summed E-state index contributed by atoms with van der Waals surface area (Å²) in [4.78, 5) is 18.5. The molecule has 0 aliphatic carbocycles. The van der Waals surface area contributed by atoms with Crippen molar-refractivity contribution in [2.24, 2.45) is 0 Å². The van der Waals surface area contributed by atoms with E-state index < -0.39 is 17.6 Å². The second-order valence-electron chi connectivity index (χ2n) is 12.1. The number of fused-ring (bicyclic) bond motifs is 3. The number of aromatic nitrogens is 4. The number of alkyl halides is 1. The molecule has 0 spiro atoms. The second kappa shape index (κ2) is 10.00. The van der Waals surface area contributed by atoms with E-state index in [1.54, 1.807) is 12.4 Å². The minimum atomic E-state index is -0.868. The van der Waals surface area contributed by atoms with Crippen LogP contribution in [0, 0.1) is 17.1 Å². The Balaban J connectivity index is 1.28. The minimum absolute atomic E-state index is 0.261. The largest absolute Gasteiger partial charge is 0.474 e. The van der Waals surface area contributed by atoms with E-state index in [1.807, 2.05) is 16.4 Å². The summed E-state index contributed by atoms with van der Waals surface area (Å²) in [6.07, 6.45) is 4.24. The molecule has 10 nitrogen and oxygen atoms in total. The SMILES string of the molecule is CC1(O)CCN(c2nc(OC[C@@]34CCCN3C[C@H](F)C4)c3ncn(Cc4ccc(F)c5sc(N)c(C#N)c45)c3n2)CC1. The zero-order valence-electron chi connectivity index (χ0n) is 23.3. The number of nitrogens with two attached hydrogens (primary N) is 1. The molecule has 3 fully saturated rings. The van der Waals surface area contributed by atoms with Crippen LogP contribution in [0.5, 0.6) is 5.88 Å². The molecule has 3 saturated heterocycles. The van der Waals surface area contributed by atoms with Gasteiger partial charge in [0.2, 0.25) is 11.8 Å². The molecule has 4 aromatic rings. The molecule has 3 N–H and O–H groups in total. The Bertz CT molecular complexity index is 1720. The summed E-state index contributed by atoms with van der Waals surface area (Å²) in [6, 6.07) is 5.17. The first kappa shape index (κ1) is 27.2. The van der Waals surface area contributed by atoms with E-state index in [-0.39, 0.29) is 22.6 Å². The highest BCUT2D eigenvalue weighted by molar-refractivity contribution is 7.23. The zero-order valence-corrected chi connectivity index (χ0v) is 24.1. The standard InChI is InChI=1S/C29H32F2N8O2S/c1-28(40)6-9-37(10-7-28)27-35-25-22(26(36-27)41-15-29-5-2-8-39(29)14-18(30)11-29)34-16-38(25)13-17-3-4-20(31)23-21(17)19(12-32)24(33)42-23/h3-4,16,18,40H,2,5-11,13-15,33H2,1H3/t18-,29+/m1/s1. The lowest BCUT2D eigenvalue weighted by Gasteiger charge is -2.36. The van der Waals surface area contributed by atoms with Crippen molar-refractivity contribution in [3.8, 4) is 11.9 Å². The van der Waals surface area contributed by atoms with E-state index in [1.165, 1.54) is 6.07 Å². The normalized spacial score (nSPS) is 24.0. The summed E-state index contributed by atoms with van der Waals surface area (Å²) in [6.45, 7) is 4.85. The highest BCUT2D eigenvalue weighted by Gasteiger charge is 2.49. The Morgan fingerprint density at radius 2 is 2.05 bits per heavy atom. The van der Waals surface area contributed by atoms with Gasteiger partial charge in [-0.3, -0.25) is 4.90 Å². The van der Waals surface area contributed by atoms with Crippen molar-refractivity contribution >= 4 is 43.5 Å². The predicted octanol–water partition coefficient (Wildman–Crippen LogP) is 3.99. The molecule has 1 aromatic carbocycles. The van der Waals surface area contributed by atoms with E-state index >= 15 is 0 Å². The molecule has 2 atom stereocenters. The monoisotopic (exact) mass is 594 g/mol. The Hall–Kier alpha value is -3.60. The quantitative estimate of drug-likeness (QED) is 0.340. The summed E-state index contributed by atoms with van der Waals surface area (Å²) in [5.41, 5.74) is 6.94. The van der Waals surface area contributed by atoms with Gasteiger partial charge in [0.1, 0.15) is 29.7 Å². The number of thiophene rings is 1. The summed E-state index contributed by atoms with van der Waals surface area (Å²) in [5.74, 6) is 0.370. The van der Waals surface area contributed by atoms with Crippen LogP contribution in [0.1, 0.15) is 50.2 Å². The van der Waals surface area contributed by atoms with Crippen LogP contribution >= 0.6 is 11.3 Å². The van der Waals surface area contributed by atoms with E-state index in [2.05, 4.69) is 16.0 Å². The summed E-state index contributed by atoms with van der Waals surface area (Å²) >= 11 is 1.06. The number of benzene rings is 1. The van der Waals surface area contributed by atoms with Gasteiger partial charge in [-0.25, -0.2) is 13.8 Å². The van der Waals surface area contributed by atoms with E-state index in [0.29, 0.717) is 84.1 Å². The molecular weight excluding hydrogens is 562 g/mol. The lowest BCUT2D eigenvalue weighted by atomic mass is 9.94. The molecule has 0 amide bonds. The smallest absolute Gasteiger partial charge is 0.247 e. The van der Waals surface area contributed by atoms with E-state index in [4.69, 9.17) is 20.4 Å². The number of aliphatic hydroxyl groups is 1. The van der Waals surface area contributed by atoms with Crippen molar-refractivity contribution in [1.82, 2.24) is 24.4 Å². The first-order valence-electron chi connectivity index (χ1n) is 14.3. The number of nitriles is 1. The molecule has 220 valence electrons. The van der Waals surface area contributed by atoms with Crippen molar-refractivity contribution in [3.63, 3.8) is 0 Å². The van der Waals surface area contributed by atoms with Crippen LogP contribution in [0.25, 0.3) is 21.3 Å². The van der Waals surface area contributed by atoms with Crippen LogP contribution in [-0.2, 0) is 6.54 Å². The number of halogens is 2. The molecule has 0 saturated carbocycles. The van der Waals surface area contributed by atoms with Crippen molar-refractivity contribution < 1.29 is 18.6 Å². The fraction of sp³-hybridized carbons (Fsp3) is 0.517. The van der Waals surface area contributed by atoms with Gasteiger partial charge in [-0.15, -0.1) is 11.3 Å². The van der Waals surface area contributed by atoms with Gasteiger partial charge in [-0.1, -0.05) is 6.07 Å². The molecule has 13 heteroatoms. The van der Waals surface area contributed by atoms with Gasteiger partial charge in [0.15, 0.2) is 11.2 Å². The highest BCUT2D eigenvalue weighted by Crippen LogP contribution is 2.41. The first-order chi connectivity index (χ1) is 20.2. The molecule has 6 heterocycles. The van der Waals surface area contributed by atoms with Crippen molar-refractivity contribution in [2.45, 2.75) is 62.9 Å². The predicted molar refractivity (Wildman–Crippen MR) is 156 cm³/mol. The number of rotatable bonds is 6. The Kier molecular flexibility index (Phi) is 6.49. The lowest BCUT2D eigenvalue weighted by Crippen LogP contribution is -2.44. The minimum Gasteiger partial charge on any atom is -0.474 e. The topological polar surface area (TPSA) is 129 Å². The van der Waals surface area contributed by atoms with Crippen LogP contribution < -0.4 is 15.4 Å². The number of piperidine rings is 1. The molecule has 42 heavy (non-hydrogen) atoms. The van der Waals surface area contributed by atoms with Crippen LogP contribution in [-0.4, -0.2) is 79.6 Å². The average Bonchev–Trinajstić information content (AvgIpc) is 3.70. The maximum atomic E-state index is 14.7. The van der Waals surface area contributed by atoms with E-state index in [9.17, 15) is 19.1 Å². The molecule has 7 rings (SSSR count). The fourth-order valence-electron chi connectivity index (χ4n) is 6.79. The van der Waals surface area contributed by atoms with Crippen molar-refractivity contribution in [2.75, 3.05) is 43.4 Å². The number of nitrogen functional groups attached to an aromatic ring is 1. The third-order valence-electron chi connectivity index (χ3n) is 9.14. The van der Waals surface area contributed by atoms with Crippen molar-refractivity contribution in [3.05, 3.63) is 35.4 Å². The molecule has 0 unspecified atom stereocenters. The first-order valence-corrected chi connectivity index (χ1v) is 15.1. The lowest BCUT2D eigenvalue weighted by molar-refractivity contribution is 0.0348. The molecule has 3 aliphatic heterocycles. The Labute approximate surface area is 245 Å². The number of anilines is 2. The third-order valence-corrected chi connectivity index (χ3v) is 10.2. The molecule has 0 radical (unpaired) electrons. The van der Waals surface area contributed by atoms with Gasteiger partial charge in [0.05, 0.1) is 34.3 Å². The van der Waals surface area contributed by atoms with Gasteiger partial charge in [-0.2, -0.15) is 15.2 Å². The van der Waals surface area contributed by atoms with Crippen LogP contribution in [0.15, 0.2) is 18.5 Å². The van der Waals surface area contributed by atoms with Gasteiger partial charge in [0, 0.05) is 31.4 Å². The number of imidazole rings is 1. The van der Waals surface area contributed by atoms with Crippen molar-refractivity contribution in [1.29, 1.82) is 5.26 Å². The molecular formula is C29H32F2N8O2S. The van der Waals surface area contributed by atoms with Crippen LogP contribution in [0.2, 0.25) is 0 Å². The number of hydrogen-bond donors (Lipinski definition) is 2. The Morgan fingerprint density at radius 3 is 2.83 bits per heavy atom. The zero-order chi connectivity index (χ0) is 29.2. The van der Waals surface area contributed by atoms with Crippen LogP contribution in [0.4, 0.5) is 19.7 Å². The number of hydrogen-bond acceptors (Lipinski definition) is 10. The van der Waals surface area contributed by atoms with Gasteiger partial charge in [-0.05, 0) is 50.8 Å². The van der Waals surface area contributed by atoms with Gasteiger partial charge >= 0.3 is 0 Å². The van der Waals surface area contributed by atoms with Gasteiger partial charge < -0.3 is 25.0 Å². The summed E-state index contributed by atoms with van der Waals surface area (Å²) in [7, 11) is 0. The second-order valence-corrected chi connectivity index (χ2v) is 13.1. The third kappa shape index (κ3) is 4.53. The molecule has 3 aliphatic rings. The number of nitrogens with zero attached hydrogens (tertiary/aromatic N) is 7. The molecule has 0 bridgehead atoms. The van der Waals surface area contributed by atoms with Gasteiger partial charge in [0.25, 0.3) is 0 Å². The summed E-state index contributed by atoms with van der Waals surface area (Å²) < 4.78 is 37.7. The maximum absolute atomic E-state index is 14.7. The Morgan fingerprint density at radius 1 is 1.24 bits per heavy atom. The fourth-order valence-corrected chi connectivity index (χ4v) is 7.76. The number of ether oxygens (including phenoxy) is 1. The summed E-state index contributed by atoms with van der Waals surface area (Å²) in [5, 5.41) is 21.0. The molecule has 3 aromatic heterocycles. The maximum Gasteiger partial charge on any atom is 0.247 e.